The van der Waals surface area contributed by atoms with E-state index >= 15 is 0 Å². The highest BCUT2D eigenvalue weighted by Crippen LogP contribution is 2.18. The number of piperidine rings is 1. The molecule has 19 heavy (non-hydrogen) atoms. The molecule has 2 atom stereocenters. The average Bonchev–Trinajstić information content (AvgIpc) is 2.64. The van der Waals surface area contributed by atoms with Gasteiger partial charge in [-0.3, -0.25) is 4.79 Å². The number of likely N-dealkylation sites (tertiary alicyclic amines) is 1. The number of aromatic nitrogens is 1. The molecule has 1 aromatic heterocycles. The molecule has 0 spiro atoms. The first-order valence-corrected chi connectivity index (χ1v) is 6.44. The number of nitrogens with two attached hydrogens (primary N) is 1. The van der Waals surface area contributed by atoms with Gasteiger partial charge in [0.05, 0.1) is 12.1 Å². The molecule has 1 fully saturated rings. The predicted octanol–water partition coefficient (Wildman–Crippen LogP) is 1.45. The molecular formula is C13H22ClN3O2. The van der Waals surface area contributed by atoms with Crippen molar-refractivity contribution in [1.29, 1.82) is 0 Å². The fourth-order valence-electron chi connectivity index (χ4n) is 2.41. The number of carbonyl (C=O) groups is 1. The van der Waals surface area contributed by atoms with E-state index < -0.39 is 0 Å². The molecule has 1 aliphatic heterocycles. The van der Waals surface area contributed by atoms with Crippen molar-refractivity contribution in [3.8, 4) is 0 Å². The zero-order chi connectivity index (χ0) is 13.3. The van der Waals surface area contributed by atoms with E-state index in [1.165, 1.54) is 0 Å². The minimum absolute atomic E-state index is 0. The molecule has 0 bridgehead atoms. The van der Waals surface area contributed by atoms with Gasteiger partial charge in [0.2, 0.25) is 5.91 Å². The van der Waals surface area contributed by atoms with Crippen LogP contribution in [0.25, 0.3) is 0 Å². The number of carbonyl (C=O) groups excluding carboxylic acids is 1. The summed E-state index contributed by atoms with van der Waals surface area (Å²) >= 11 is 0. The molecule has 1 amide bonds. The molecule has 1 aromatic rings. The largest absolute Gasteiger partial charge is 0.361 e. The van der Waals surface area contributed by atoms with Gasteiger partial charge in [-0.15, -0.1) is 12.4 Å². The highest BCUT2D eigenvalue weighted by atomic mass is 35.5. The lowest BCUT2D eigenvalue weighted by atomic mass is 9.94. The molecule has 5 nitrogen and oxygen atoms in total. The van der Waals surface area contributed by atoms with Gasteiger partial charge in [0.1, 0.15) is 5.76 Å². The van der Waals surface area contributed by atoms with Gasteiger partial charge in [-0.2, -0.15) is 0 Å². The fraction of sp³-hybridized carbons (Fsp3) is 0.692. The van der Waals surface area contributed by atoms with Crippen LogP contribution in [0.4, 0.5) is 0 Å². The lowest BCUT2D eigenvalue weighted by Crippen LogP contribution is -2.48. The Kier molecular flexibility index (Phi) is 5.38. The lowest BCUT2D eigenvalue weighted by molar-refractivity contribution is -0.132. The summed E-state index contributed by atoms with van der Waals surface area (Å²) in [6.07, 6.45) is 1.26. The summed E-state index contributed by atoms with van der Waals surface area (Å²) in [5, 5.41) is 3.88. The van der Waals surface area contributed by atoms with Crippen molar-refractivity contribution in [2.75, 3.05) is 13.1 Å². The minimum atomic E-state index is 0. The zero-order valence-corrected chi connectivity index (χ0v) is 12.5. The van der Waals surface area contributed by atoms with Crippen LogP contribution in [0.2, 0.25) is 0 Å². The number of halogens is 1. The number of hydrogen-bond donors (Lipinski definition) is 1. The first kappa shape index (κ1) is 16.0. The lowest BCUT2D eigenvalue weighted by Gasteiger charge is -2.35. The molecular weight excluding hydrogens is 266 g/mol. The molecule has 0 saturated carbocycles. The fourth-order valence-corrected chi connectivity index (χ4v) is 2.41. The van der Waals surface area contributed by atoms with Crippen molar-refractivity contribution < 1.29 is 9.32 Å². The van der Waals surface area contributed by atoms with Gasteiger partial charge in [-0.05, 0) is 26.2 Å². The molecule has 2 unspecified atom stereocenters. The monoisotopic (exact) mass is 287 g/mol. The summed E-state index contributed by atoms with van der Waals surface area (Å²) in [6, 6.07) is 0.216. The standard InChI is InChI=1S/C13H21N3O2.ClH/c1-8-7-16(5-4-12(8)14)13(17)6-11-9(2)15-18-10(11)3;/h8,12H,4-7,14H2,1-3H3;1H. The van der Waals surface area contributed by atoms with Crippen molar-refractivity contribution in [2.24, 2.45) is 11.7 Å². The Morgan fingerprint density at radius 3 is 2.74 bits per heavy atom. The van der Waals surface area contributed by atoms with E-state index in [0.29, 0.717) is 12.3 Å². The number of rotatable bonds is 2. The molecule has 1 saturated heterocycles. The van der Waals surface area contributed by atoms with Crippen molar-refractivity contribution in [2.45, 2.75) is 39.7 Å². The maximum Gasteiger partial charge on any atom is 0.227 e. The third-order valence-corrected chi connectivity index (χ3v) is 3.83. The summed E-state index contributed by atoms with van der Waals surface area (Å²) in [5.74, 6) is 1.25. The van der Waals surface area contributed by atoms with E-state index in [-0.39, 0.29) is 24.4 Å². The number of aryl methyl sites for hydroxylation is 2. The van der Waals surface area contributed by atoms with E-state index in [0.717, 1.165) is 36.5 Å². The Labute approximate surface area is 119 Å². The van der Waals surface area contributed by atoms with Crippen LogP contribution in [0.3, 0.4) is 0 Å². The van der Waals surface area contributed by atoms with Crippen LogP contribution in [0.15, 0.2) is 4.52 Å². The number of nitrogens with zero attached hydrogens (tertiary/aromatic N) is 2. The second kappa shape index (κ2) is 6.39. The normalized spacial score (nSPS) is 23.1. The van der Waals surface area contributed by atoms with Crippen LogP contribution in [0, 0.1) is 19.8 Å². The van der Waals surface area contributed by atoms with Crippen molar-refractivity contribution >= 4 is 18.3 Å². The van der Waals surface area contributed by atoms with Crippen molar-refractivity contribution in [3.05, 3.63) is 17.0 Å². The van der Waals surface area contributed by atoms with Gasteiger partial charge in [0, 0.05) is 24.7 Å². The molecule has 2 heterocycles. The summed E-state index contributed by atoms with van der Waals surface area (Å²) in [7, 11) is 0. The zero-order valence-electron chi connectivity index (χ0n) is 11.7. The Morgan fingerprint density at radius 1 is 1.53 bits per heavy atom. The highest BCUT2D eigenvalue weighted by molar-refractivity contribution is 5.85. The predicted molar refractivity (Wildman–Crippen MR) is 75.3 cm³/mol. The molecule has 108 valence electrons. The quantitative estimate of drug-likeness (QED) is 0.894. The Morgan fingerprint density at radius 2 is 2.21 bits per heavy atom. The van der Waals surface area contributed by atoms with Gasteiger partial charge >= 0.3 is 0 Å². The minimum Gasteiger partial charge on any atom is -0.361 e. The first-order valence-electron chi connectivity index (χ1n) is 6.44. The summed E-state index contributed by atoms with van der Waals surface area (Å²) < 4.78 is 5.08. The van der Waals surface area contributed by atoms with Crippen LogP contribution in [0.1, 0.15) is 30.4 Å². The van der Waals surface area contributed by atoms with Gasteiger partial charge in [-0.25, -0.2) is 0 Å². The van der Waals surface area contributed by atoms with Gasteiger partial charge < -0.3 is 15.2 Å². The SMILES string of the molecule is Cc1noc(C)c1CC(=O)N1CCC(N)C(C)C1.Cl. The van der Waals surface area contributed by atoms with Gasteiger partial charge in [-0.1, -0.05) is 12.1 Å². The molecule has 2 rings (SSSR count). The smallest absolute Gasteiger partial charge is 0.227 e. The molecule has 0 aliphatic carbocycles. The van der Waals surface area contributed by atoms with Crippen LogP contribution in [-0.2, 0) is 11.2 Å². The summed E-state index contributed by atoms with van der Waals surface area (Å²) in [4.78, 5) is 14.1. The van der Waals surface area contributed by atoms with Crippen molar-refractivity contribution in [3.63, 3.8) is 0 Å². The molecule has 0 aromatic carbocycles. The Hall–Kier alpha value is -1.07. The summed E-state index contributed by atoms with van der Waals surface area (Å²) in [5.41, 5.74) is 7.69. The highest BCUT2D eigenvalue weighted by Gasteiger charge is 2.27. The maximum atomic E-state index is 12.2. The van der Waals surface area contributed by atoms with E-state index in [2.05, 4.69) is 12.1 Å². The molecule has 2 N–H and O–H groups in total. The Balaban J connectivity index is 0.00000180. The topological polar surface area (TPSA) is 72.4 Å². The molecule has 1 aliphatic rings. The third-order valence-electron chi connectivity index (χ3n) is 3.83. The van der Waals surface area contributed by atoms with E-state index in [9.17, 15) is 4.79 Å². The third kappa shape index (κ3) is 3.48. The van der Waals surface area contributed by atoms with Gasteiger partial charge in [0.25, 0.3) is 0 Å². The second-order valence-electron chi connectivity index (χ2n) is 5.25. The van der Waals surface area contributed by atoms with Crippen LogP contribution in [-0.4, -0.2) is 35.1 Å². The second-order valence-corrected chi connectivity index (χ2v) is 5.25. The van der Waals surface area contributed by atoms with Crippen LogP contribution in [0.5, 0.6) is 0 Å². The Bertz CT molecular complexity index is 428. The van der Waals surface area contributed by atoms with Gasteiger partial charge in [0.15, 0.2) is 0 Å². The summed E-state index contributed by atoms with van der Waals surface area (Å²) in [6.45, 7) is 7.32. The van der Waals surface area contributed by atoms with Crippen LogP contribution >= 0.6 is 12.4 Å². The first-order chi connectivity index (χ1) is 8.49. The maximum absolute atomic E-state index is 12.2. The number of hydrogen-bond acceptors (Lipinski definition) is 4. The molecule has 0 radical (unpaired) electrons. The molecule has 6 heteroatoms. The average molecular weight is 288 g/mol. The van der Waals surface area contributed by atoms with Crippen molar-refractivity contribution in [1.82, 2.24) is 10.1 Å². The van der Waals surface area contributed by atoms with E-state index in [1.54, 1.807) is 0 Å². The van der Waals surface area contributed by atoms with E-state index in [1.807, 2.05) is 18.7 Å². The number of amides is 1. The van der Waals surface area contributed by atoms with E-state index in [4.69, 9.17) is 10.3 Å². The van der Waals surface area contributed by atoms with Crippen LogP contribution < -0.4 is 5.73 Å².